The van der Waals surface area contributed by atoms with E-state index in [1.165, 1.54) is 32.1 Å². The average molecular weight is 315 g/mol. The second-order valence-corrected chi connectivity index (χ2v) is 6.46. The first-order chi connectivity index (χ1) is 11.2. The predicted octanol–water partition coefficient (Wildman–Crippen LogP) is 3.51. The van der Waals surface area contributed by atoms with Crippen LogP contribution in [0.25, 0.3) is 6.08 Å². The van der Waals surface area contributed by atoms with Crippen LogP contribution in [-0.4, -0.2) is 37.6 Å². The van der Waals surface area contributed by atoms with Crippen molar-refractivity contribution >= 4 is 12.0 Å². The normalized spacial score (nSPS) is 18.1. The largest absolute Gasteiger partial charge is 0.486 e. The monoisotopic (exact) mass is 315 g/mol. The molecule has 1 aromatic rings. The van der Waals surface area contributed by atoms with Gasteiger partial charge in [0.2, 0.25) is 5.91 Å². The standard InChI is InChI=1S/C19H25NO3/c1-20(14-16-5-3-2-4-6-16)19(21)10-8-15-7-9-17-18(13-15)23-12-11-22-17/h7-10,13,16H,2-6,11-12,14H2,1H3/b10-8+. The summed E-state index contributed by atoms with van der Waals surface area (Å²) < 4.78 is 11.1. The molecular weight excluding hydrogens is 290 g/mol. The van der Waals surface area contributed by atoms with Gasteiger partial charge in [0.25, 0.3) is 0 Å². The molecule has 1 saturated carbocycles. The summed E-state index contributed by atoms with van der Waals surface area (Å²) in [5.41, 5.74) is 0.952. The molecule has 124 valence electrons. The number of carbonyl (C=O) groups is 1. The molecule has 1 aromatic carbocycles. The second-order valence-electron chi connectivity index (χ2n) is 6.46. The number of likely N-dealkylation sites (N-methyl/N-ethyl adjacent to an activating group) is 1. The summed E-state index contributed by atoms with van der Waals surface area (Å²) in [7, 11) is 1.89. The molecule has 0 aromatic heterocycles. The molecule has 1 amide bonds. The fraction of sp³-hybridized carbons (Fsp3) is 0.526. The van der Waals surface area contributed by atoms with Gasteiger partial charge in [-0.25, -0.2) is 0 Å². The number of fused-ring (bicyclic) bond motifs is 1. The van der Waals surface area contributed by atoms with E-state index in [2.05, 4.69) is 0 Å². The van der Waals surface area contributed by atoms with Gasteiger partial charge in [0.15, 0.2) is 11.5 Å². The molecule has 1 aliphatic heterocycles. The minimum atomic E-state index is 0.0606. The van der Waals surface area contributed by atoms with Crippen molar-refractivity contribution in [2.45, 2.75) is 32.1 Å². The zero-order valence-corrected chi connectivity index (χ0v) is 13.8. The van der Waals surface area contributed by atoms with Crippen LogP contribution >= 0.6 is 0 Å². The minimum Gasteiger partial charge on any atom is -0.486 e. The zero-order valence-electron chi connectivity index (χ0n) is 13.8. The summed E-state index contributed by atoms with van der Waals surface area (Å²) in [4.78, 5) is 14.1. The van der Waals surface area contributed by atoms with Crippen molar-refractivity contribution in [1.29, 1.82) is 0 Å². The smallest absolute Gasteiger partial charge is 0.246 e. The number of amides is 1. The number of hydrogen-bond donors (Lipinski definition) is 0. The van der Waals surface area contributed by atoms with Crippen molar-refractivity contribution in [1.82, 2.24) is 4.90 Å². The van der Waals surface area contributed by atoms with E-state index in [4.69, 9.17) is 9.47 Å². The Bertz CT molecular complexity index is 576. The number of hydrogen-bond acceptors (Lipinski definition) is 3. The minimum absolute atomic E-state index is 0.0606. The Morgan fingerprint density at radius 2 is 1.91 bits per heavy atom. The van der Waals surface area contributed by atoms with Crippen LogP contribution in [0.5, 0.6) is 11.5 Å². The molecule has 4 nitrogen and oxygen atoms in total. The molecule has 0 bridgehead atoms. The van der Waals surface area contributed by atoms with Gasteiger partial charge >= 0.3 is 0 Å². The lowest BCUT2D eigenvalue weighted by Crippen LogP contribution is -2.31. The Hall–Kier alpha value is -1.97. The highest BCUT2D eigenvalue weighted by Crippen LogP contribution is 2.31. The summed E-state index contributed by atoms with van der Waals surface area (Å²) >= 11 is 0. The maximum Gasteiger partial charge on any atom is 0.246 e. The van der Waals surface area contributed by atoms with Crippen molar-refractivity contribution in [3.8, 4) is 11.5 Å². The Balaban J connectivity index is 1.57. The van der Waals surface area contributed by atoms with E-state index in [1.807, 2.05) is 36.2 Å². The maximum absolute atomic E-state index is 12.3. The van der Waals surface area contributed by atoms with Crippen molar-refractivity contribution in [3.63, 3.8) is 0 Å². The molecule has 0 saturated heterocycles. The lowest BCUT2D eigenvalue weighted by atomic mass is 9.89. The highest BCUT2D eigenvalue weighted by atomic mass is 16.6. The van der Waals surface area contributed by atoms with Crippen molar-refractivity contribution in [2.75, 3.05) is 26.8 Å². The number of ether oxygens (including phenoxy) is 2. The van der Waals surface area contributed by atoms with Crippen molar-refractivity contribution < 1.29 is 14.3 Å². The van der Waals surface area contributed by atoms with E-state index < -0.39 is 0 Å². The van der Waals surface area contributed by atoms with E-state index in [1.54, 1.807) is 6.08 Å². The van der Waals surface area contributed by atoms with Gasteiger partial charge in [0, 0.05) is 19.7 Å². The van der Waals surface area contributed by atoms with Crippen LogP contribution in [0.15, 0.2) is 24.3 Å². The van der Waals surface area contributed by atoms with Crippen molar-refractivity contribution in [3.05, 3.63) is 29.8 Å². The fourth-order valence-electron chi connectivity index (χ4n) is 3.31. The number of rotatable bonds is 4. The van der Waals surface area contributed by atoms with E-state index in [9.17, 15) is 4.79 Å². The molecule has 1 fully saturated rings. The highest BCUT2D eigenvalue weighted by molar-refractivity contribution is 5.91. The Morgan fingerprint density at radius 1 is 1.17 bits per heavy atom. The van der Waals surface area contributed by atoms with Crippen LogP contribution in [-0.2, 0) is 4.79 Å². The van der Waals surface area contributed by atoms with Gasteiger partial charge in [-0.1, -0.05) is 25.3 Å². The fourth-order valence-corrected chi connectivity index (χ4v) is 3.31. The Labute approximate surface area is 138 Å². The first-order valence-corrected chi connectivity index (χ1v) is 8.55. The van der Waals surface area contributed by atoms with E-state index >= 15 is 0 Å². The summed E-state index contributed by atoms with van der Waals surface area (Å²) in [6, 6.07) is 5.75. The van der Waals surface area contributed by atoms with Gasteiger partial charge in [-0.2, -0.15) is 0 Å². The van der Waals surface area contributed by atoms with Gasteiger partial charge in [-0.05, 0) is 42.5 Å². The zero-order chi connectivity index (χ0) is 16.1. The van der Waals surface area contributed by atoms with Crippen LogP contribution in [0.2, 0.25) is 0 Å². The number of nitrogens with zero attached hydrogens (tertiary/aromatic N) is 1. The molecule has 2 aliphatic rings. The molecule has 3 rings (SSSR count). The first kappa shape index (κ1) is 15.9. The van der Waals surface area contributed by atoms with Crippen LogP contribution in [0.4, 0.5) is 0 Å². The van der Waals surface area contributed by atoms with Gasteiger partial charge in [0.1, 0.15) is 13.2 Å². The van der Waals surface area contributed by atoms with Crippen LogP contribution in [0, 0.1) is 5.92 Å². The molecule has 0 N–H and O–H groups in total. The molecule has 0 spiro atoms. The summed E-state index contributed by atoms with van der Waals surface area (Å²) in [5.74, 6) is 2.25. The third-order valence-corrected chi connectivity index (χ3v) is 4.62. The van der Waals surface area contributed by atoms with E-state index in [0.29, 0.717) is 19.1 Å². The maximum atomic E-state index is 12.3. The molecule has 23 heavy (non-hydrogen) atoms. The molecule has 4 heteroatoms. The summed E-state index contributed by atoms with van der Waals surface area (Å²) in [6.45, 7) is 2.03. The Kier molecular flexibility index (Phi) is 5.21. The van der Waals surface area contributed by atoms with Crippen LogP contribution in [0.1, 0.15) is 37.7 Å². The molecule has 1 heterocycles. The lowest BCUT2D eigenvalue weighted by molar-refractivity contribution is -0.125. The number of carbonyl (C=O) groups excluding carboxylic acids is 1. The van der Waals surface area contributed by atoms with Crippen molar-refractivity contribution in [2.24, 2.45) is 5.92 Å². The highest BCUT2D eigenvalue weighted by Gasteiger charge is 2.17. The van der Waals surface area contributed by atoms with E-state index in [0.717, 1.165) is 23.6 Å². The quantitative estimate of drug-likeness (QED) is 0.798. The molecule has 1 aliphatic carbocycles. The van der Waals surface area contributed by atoms with Gasteiger partial charge < -0.3 is 14.4 Å². The topological polar surface area (TPSA) is 38.8 Å². The van der Waals surface area contributed by atoms with Gasteiger partial charge in [0.05, 0.1) is 0 Å². The third-order valence-electron chi connectivity index (χ3n) is 4.62. The van der Waals surface area contributed by atoms with Gasteiger partial charge in [-0.3, -0.25) is 4.79 Å². The van der Waals surface area contributed by atoms with Crippen LogP contribution in [0.3, 0.4) is 0 Å². The van der Waals surface area contributed by atoms with Gasteiger partial charge in [-0.15, -0.1) is 0 Å². The summed E-state index contributed by atoms with van der Waals surface area (Å²) in [6.07, 6.45) is 9.96. The van der Waals surface area contributed by atoms with Crippen LogP contribution < -0.4 is 9.47 Å². The molecule has 0 atom stereocenters. The SMILES string of the molecule is CN(CC1CCCCC1)C(=O)/C=C/c1ccc2c(c1)OCCO2. The molecular formula is C19H25NO3. The molecule has 0 unspecified atom stereocenters. The second kappa shape index (κ2) is 7.53. The lowest BCUT2D eigenvalue weighted by Gasteiger charge is -2.26. The number of benzene rings is 1. The van der Waals surface area contributed by atoms with E-state index in [-0.39, 0.29) is 5.91 Å². The molecule has 0 radical (unpaired) electrons. The first-order valence-electron chi connectivity index (χ1n) is 8.55. The third kappa shape index (κ3) is 4.27. The predicted molar refractivity (Wildman–Crippen MR) is 90.7 cm³/mol. The Morgan fingerprint density at radius 3 is 2.70 bits per heavy atom. The average Bonchev–Trinajstić information content (AvgIpc) is 2.60. The summed E-state index contributed by atoms with van der Waals surface area (Å²) in [5, 5.41) is 0.